The zero-order chi connectivity index (χ0) is 17.5. The number of rotatable bonds is 7. The van der Waals surface area contributed by atoms with Crippen LogP contribution in [0.2, 0.25) is 5.02 Å². The molecular formula is C21H27ClN2O. The standard InChI is InChI=1S/C21H27ClN2O/c1-2-3-7-17-13-23-21(24-14-17)18-10-11-20(19(22)12-18)25-15-16-8-5-4-6-9-16/h10-14,16H,2-9,15H2,1H3. The largest absolute Gasteiger partial charge is 0.492 e. The Labute approximate surface area is 155 Å². The van der Waals surface area contributed by atoms with Crippen LogP contribution in [0.5, 0.6) is 5.75 Å². The molecule has 1 aromatic heterocycles. The summed E-state index contributed by atoms with van der Waals surface area (Å²) in [6.07, 6.45) is 13.8. The fraction of sp³-hybridized carbons (Fsp3) is 0.524. The Hall–Kier alpha value is -1.61. The Morgan fingerprint density at radius 1 is 1.12 bits per heavy atom. The molecule has 0 atom stereocenters. The van der Waals surface area contributed by atoms with E-state index in [-0.39, 0.29) is 0 Å². The van der Waals surface area contributed by atoms with E-state index in [1.165, 1.54) is 50.5 Å². The third-order valence-corrected chi connectivity index (χ3v) is 5.21. The molecule has 0 bridgehead atoms. The number of halogens is 1. The van der Waals surface area contributed by atoms with Crippen molar-refractivity contribution in [2.24, 2.45) is 5.92 Å². The maximum Gasteiger partial charge on any atom is 0.159 e. The molecule has 25 heavy (non-hydrogen) atoms. The molecule has 1 saturated carbocycles. The molecule has 3 nitrogen and oxygen atoms in total. The van der Waals surface area contributed by atoms with Gasteiger partial charge in [-0.25, -0.2) is 9.97 Å². The van der Waals surface area contributed by atoms with Crippen molar-refractivity contribution in [3.8, 4) is 17.1 Å². The van der Waals surface area contributed by atoms with Crippen LogP contribution in [-0.4, -0.2) is 16.6 Å². The molecule has 0 N–H and O–H groups in total. The van der Waals surface area contributed by atoms with Crippen LogP contribution < -0.4 is 4.74 Å². The number of benzene rings is 1. The van der Waals surface area contributed by atoms with Crippen LogP contribution in [0, 0.1) is 5.92 Å². The van der Waals surface area contributed by atoms with Gasteiger partial charge in [-0.1, -0.05) is 44.2 Å². The Balaban J connectivity index is 1.62. The first-order chi connectivity index (χ1) is 12.3. The molecule has 4 heteroatoms. The molecule has 0 amide bonds. The fourth-order valence-corrected chi connectivity index (χ4v) is 3.57. The average molecular weight is 359 g/mol. The van der Waals surface area contributed by atoms with Gasteiger partial charge >= 0.3 is 0 Å². The minimum absolute atomic E-state index is 0.631. The zero-order valence-electron chi connectivity index (χ0n) is 15.0. The minimum Gasteiger partial charge on any atom is -0.492 e. The van der Waals surface area contributed by atoms with Crippen LogP contribution in [0.25, 0.3) is 11.4 Å². The minimum atomic E-state index is 0.631. The highest BCUT2D eigenvalue weighted by molar-refractivity contribution is 6.32. The Bertz CT molecular complexity index is 666. The van der Waals surface area contributed by atoms with Crippen molar-refractivity contribution >= 4 is 11.6 Å². The lowest BCUT2D eigenvalue weighted by atomic mass is 9.90. The smallest absolute Gasteiger partial charge is 0.159 e. The van der Waals surface area contributed by atoms with Gasteiger partial charge < -0.3 is 4.74 Å². The summed E-state index contributed by atoms with van der Waals surface area (Å²) >= 11 is 6.42. The predicted molar refractivity (Wildman–Crippen MR) is 103 cm³/mol. The first-order valence-electron chi connectivity index (χ1n) is 9.50. The number of ether oxygens (including phenoxy) is 1. The summed E-state index contributed by atoms with van der Waals surface area (Å²) in [6.45, 7) is 2.96. The van der Waals surface area contributed by atoms with Gasteiger partial charge in [0.15, 0.2) is 5.82 Å². The van der Waals surface area contributed by atoms with Gasteiger partial charge in [0.1, 0.15) is 5.75 Å². The van der Waals surface area contributed by atoms with Crippen LogP contribution in [0.3, 0.4) is 0 Å². The second-order valence-electron chi connectivity index (χ2n) is 6.98. The van der Waals surface area contributed by atoms with Crippen molar-refractivity contribution in [2.45, 2.75) is 58.3 Å². The zero-order valence-corrected chi connectivity index (χ0v) is 15.8. The summed E-state index contributed by atoms with van der Waals surface area (Å²) < 4.78 is 5.96. The number of hydrogen-bond donors (Lipinski definition) is 0. The summed E-state index contributed by atoms with van der Waals surface area (Å²) in [5, 5.41) is 0.631. The summed E-state index contributed by atoms with van der Waals surface area (Å²) in [5.74, 6) is 2.14. The number of hydrogen-bond acceptors (Lipinski definition) is 3. The molecule has 1 fully saturated rings. The monoisotopic (exact) mass is 358 g/mol. The van der Waals surface area contributed by atoms with E-state index >= 15 is 0 Å². The van der Waals surface area contributed by atoms with Gasteiger partial charge in [0.05, 0.1) is 11.6 Å². The highest BCUT2D eigenvalue weighted by Crippen LogP contribution is 2.31. The molecular weight excluding hydrogens is 332 g/mol. The topological polar surface area (TPSA) is 35.0 Å². The van der Waals surface area contributed by atoms with Crippen LogP contribution in [-0.2, 0) is 6.42 Å². The van der Waals surface area contributed by atoms with E-state index < -0.39 is 0 Å². The molecule has 0 radical (unpaired) electrons. The highest BCUT2D eigenvalue weighted by Gasteiger charge is 2.15. The third-order valence-electron chi connectivity index (χ3n) is 4.91. The molecule has 0 saturated heterocycles. The number of aryl methyl sites for hydroxylation is 1. The number of unbranched alkanes of at least 4 members (excludes halogenated alkanes) is 1. The van der Waals surface area contributed by atoms with E-state index in [0.717, 1.165) is 24.3 Å². The molecule has 1 aromatic carbocycles. The van der Waals surface area contributed by atoms with Gasteiger partial charge in [-0.3, -0.25) is 0 Å². The van der Waals surface area contributed by atoms with E-state index in [9.17, 15) is 0 Å². The van der Waals surface area contributed by atoms with Gasteiger partial charge in [-0.05, 0) is 55.4 Å². The number of aromatic nitrogens is 2. The molecule has 1 aliphatic carbocycles. The molecule has 0 aliphatic heterocycles. The summed E-state index contributed by atoms with van der Waals surface area (Å²) in [7, 11) is 0. The van der Waals surface area contributed by atoms with Gasteiger partial charge in [-0.2, -0.15) is 0 Å². The van der Waals surface area contributed by atoms with Crippen LogP contribution in [0.1, 0.15) is 57.4 Å². The van der Waals surface area contributed by atoms with Crippen LogP contribution in [0.4, 0.5) is 0 Å². The SMILES string of the molecule is CCCCc1cnc(-c2ccc(OCC3CCCCC3)c(Cl)c2)nc1. The van der Waals surface area contributed by atoms with E-state index in [2.05, 4.69) is 16.9 Å². The van der Waals surface area contributed by atoms with E-state index in [0.29, 0.717) is 16.8 Å². The lowest BCUT2D eigenvalue weighted by molar-refractivity contribution is 0.209. The average Bonchev–Trinajstić information content (AvgIpc) is 2.66. The van der Waals surface area contributed by atoms with Crippen molar-refractivity contribution in [1.29, 1.82) is 0 Å². The summed E-state index contributed by atoms with van der Waals surface area (Å²) in [6, 6.07) is 5.83. The number of nitrogens with zero attached hydrogens (tertiary/aromatic N) is 2. The van der Waals surface area contributed by atoms with E-state index in [1.807, 2.05) is 30.6 Å². The second-order valence-corrected chi connectivity index (χ2v) is 7.39. The lowest BCUT2D eigenvalue weighted by Gasteiger charge is -2.22. The second kappa shape index (κ2) is 9.19. The molecule has 134 valence electrons. The summed E-state index contributed by atoms with van der Waals surface area (Å²) in [5.41, 5.74) is 2.11. The molecule has 2 aromatic rings. The van der Waals surface area contributed by atoms with Crippen molar-refractivity contribution in [3.63, 3.8) is 0 Å². The van der Waals surface area contributed by atoms with Gasteiger partial charge in [-0.15, -0.1) is 0 Å². The van der Waals surface area contributed by atoms with Gasteiger partial charge in [0.2, 0.25) is 0 Å². The predicted octanol–water partition coefficient (Wildman–Crippen LogP) is 6.10. The van der Waals surface area contributed by atoms with Crippen molar-refractivity contribution in [1.82, 2.24) is 9.97 Å². The van der Waals surface area contributed by atoms with Crippen LogP contribution in [0.15, 0.2) is 30.6 Å². The first kappa shape index (κ1) is 18.2. The van der Waals surface area contributed by atoms with Gasteiger partial charge in [0, 0.05) is 18.0 Å². The Kier molecular flexibility index (Phi) is 6.69. The lowest BCUT2D eigenvalue weighted by Crippen LogP contribution is -2.15. The molecule has 3 rings (SSSR count). The van der Waals surface area contributed by atoms with Crippen LogP contribution >= 0.6 is 11.6 Å². The highest BCUT2D eigenvalue weighted by atomic mass is 35.5. The first-order valence-corrected chi connectivity index (χ1v) is 9.87. The maximum atomic E-state index is 6.42. The van der Waals surface area contributed by atoms with Crippen molar-refractivity contribution < 1.29 is 4.74 Å². The maximum absolute atomic E-state index is 6.42. The molecule has 1 heterocycles. The third kappa shape index (κ3) is 5.18. The van der Waals surface area contributed by atoms with E-state index in [4.69, 9.17) is 16.3 Å². The quantitative estimate of drug-likeness (QED) is 0.599. The summed E-state index contributed by atoms with van der Waals surface area (Å²) in [4.78, 5) is 8.96. The van der Waals surface area contributed by atoms with Crippen molar-refractivity contribution in [3.05, 3.63) is 41.2 Å². The molecule has 0 spiro atoms. The normalized spacial score (nSPS) is 15.3. The fourth-order valence-electron chi connectivity index (χ4n) is 3.33. The molecule has 0 unspecified atom stereocenters. The molecule has 1 aliphatic rings. The van der Waals surface area contributed by atoms with E-state index in [1.54, 1.807) is 0 Å². The Morgan fingerprint density at radius 3 is 2.56 bits per heavy atom. The van der Waals surface area contributed by atoms with Gasteiger partial charge in [0.25, 0.3) is 0 Å². The Morgan fingerprint density at radius 2 is 1.88 bits per heavy atom. The van der Waals surface area contributed by atoms with Crippen molar-refractivity contribution in [2.75, 3.05) is 6.61 Å².